The summed E-state index contributed by atoms with van der Waals surface area (Å²) in [5.74, 6) is 0.319. The fraction of sp³-hybridized carbons (Fsp3) is 0.438. The Morgan fingerprint density at radius 1 is 1.48 bits per heavy atom. The van der Waals surface area contributed by atoms with Crippen LogP contribution < -0.4 is 5.32 Å². The van der Waals surface area contributed by atoms with Crippen molar-refractivity contribution in [2.24, 2.45) is 0 Å². The number of aryl methyl sites for hydroxylation is 1. The number of carbonyl (C=O) groups excluding carboxylic acids is 1. The summed E-state index contributed by atoms with van der Waals surface area (Å²) in [6, 6.07) is 5.97. The number of hydrogen-bond donors (Lipinski definition) is 1. The molecule has 1 atom stereocenters. The van der Waals surface area contributed by atoms with Crippen LogP contribution in [0.1, 0.15) is 32.3 Å². The van der Waals surface area contributed by atoms with Crippen LogP contribution in [0, 0.1) is 6.92 Å². The van der Waals surface area contributed by atoms with Crippen molar-refractivity contribution in [1.82, 2.24) is 20.1 Å². The number of aromatic nitrogens is 3. The SMILES string of the molecule is CCCC(C)NC(=O)CSc1nncn1-c1ccc(C)c(Cl)c1. The highest BCUT2D eigenvalue weighted by atomic mass is 35.5. The van der Waals surface area contributed by atoms with Gasteiger partial charge in [-0.15, -0.1) is 10.2 Å². The van der Waals surface area contributed by atoms with Gasteiger partial charge in [-0.3, -0.25) is 9.36 Å². The predicted octanol–water partition coefficient (Wildman–Crippen LogP) is 3.63. The van der Waals surface area contributed by atoms with Gasteiger partial charge in [-0.25, -0.2) is 0 Å². The number of halogens is 1. The molecule has 0 bridgehead atoms. The third kappa shape index (κ3) is 4.97. The molecule has 5 nitrogen and oxygen atoms in total. The molecule has 0 aliphatic rings. The van der Waals surface area contributed by atoms with E-state index in [4.69, 9.17) is 11.6 Å². The molecule has 0 radical (unpaired) electrons. The number of nitrogens with one attached hydrogen (secondary N) is 1. The lowest BCUT2D eigenvalue weighted by atomic mass is 10.2. The van der Waals surface area contributed by atoms with E-state index in [1.165, 1.54) is 11.8 Å². The van der Waals surface area contributed by atoms with Crippen molar-refractivity contribution < 1.29 is 4.79 Å². The Morgan fingerprint density at radius 3 is 2.96 bits per heavy atom. The normalized spacial score (nSPS) is 12.2. The minimum Gasteiger partial charge on any atom is -0.353 e. The number of nitrogens with zero attached hydrogens (tertiary/aromatic N) is 3. The standard InChI is InChI=1S/C16H21ClN4OS/c1-4-5-12(3)19-15(22)9-23-16-20-18-10-21(16)13-7-6-11(2)14(17)8-13/h6-8,10,12H,4-5,9H2,1-3H3,(H,19,22). The number of thioether (sulfide) groups is 1. The highest BCUT2D eigenvalue weighted by molar-refractivity contribution is 7.99. The molecule has 0 fully saturated rings. The number of hydrogen-bond acceptors (Lipinski definition) is 4. The van der Waals surface area contributed by atoms with Gasteiger partial charge in [-0.1, -0.05) is 42.8 Å². The molecule has 2 rings (SSSR count). The predicted molar refractivity (Wildman–Crippen MR) is 94.3 cm³/mol. The van der Waals surface area contributed by atoms with Crippen molar-refractivity contribution in [1.29, 1.82) is 0 Å². The number of carbonyl (C=O) groups is 1. The molecular formula is C16H21ClN4OS. The highest BCUT2D eigenvalue weighted by Gasteiger charge is 2.12. The summed E-state index contributed by atoms with van der Waals surface area (Å²) >= 11 is 7.53. The molecule has 2 aromatic rings. The van der Waals surface area contributed by atoms with Crippen LogP contribution in [0.15, 0.2) is 29.7 Å². The first-order chi connectivity index (χ1) is 11.0. The summed E-state index contributed by atoms with van der Waals surface area (Å²) < 4.78 is 1.83. The van der Waals surface area contributed by atoms with E-state index in [9.17, 15) is 4.79 Å². The third-order valence-corrected chi connectivity index (χ3v) is 4.76. The van der Waals surface area contributed by atoms with E-state index in [1.807, 2.05) is 36.6 Å². The van der Waals surface area contributed by atoms with E-state index in [-0.39, 0.29) is 11.9 Å². The molecule has 0 spiro atoms. The van der Waals surface area contributed by atoms with Gasteiger partial charge in [0.1, 0.15) is 6.33 Å². The van der Waals surface area contributed by atoms with E-state index >= 15 is 0 Å². The van der Waals surface area contributed by atoms with E-state index in [1.54, 1.807) is 6.33 Å². The second-order valence-corrected chi connectivity index (χ2v) is 6.81. The minimum absolute atomic E-state index is 0.00689. The maximum atomic E-state index is 12.0. The Kier molecular flexibility index (Phi) is 6.47. The molecule has 1 N–H and O–H groups in total. The largest absolute Gasteiger partial charge is 0.353 e. The first-order valence-corrected chi connectivity index (χ1v) is 8.96. The average Bonchev–Trinajstić information content (AvgIpc) is 2.96. The molecule has 0 aliphatic carbocycles. The lowest BCUT2D eigenvalue weighted by Crippen LogP contribution is -2.33. The molecule has 1 heterocycles. The van der Waals surface area contributed by atoms with Crippen molar-refractivity contribution in [3.05, 3.63) is 35.1 Å². The second-order valence-electron chi connectivity index (χ2n) is 5.46. The quantitative estimate of drug-likeness (QED) is 0.773. The van der Waals surface area contributed by atoms with Crippen LogP contribution in [-0.4, -0.2) is 32.5 Å². The lowest BCUT2D eigenvalue weighted by molar-refractivity contribution is -0.119. The maximum Gasteiger partial charge on any atom is 0.230 e. The van der Waals surface area contributed by atoms with Crippen LogP contribution in [0.4, 0.5) is 0 Å². The van der Waals surface area contributed by atoms with Gasteiger partial charge in [0.2, 0.25) is 5.91 Å². The molecule has 0 aliphatic heterocycles. The minimum atomic E-state index is 0.00689. The van der Waals surface area contributed by atoms with Crippen molar-refractivity contribution in [3.8, 4) is 5.69 Å². The fourth-order valence-corrected chi connectivity index (χ4v) is 3.10. The molecule has 1 unspecified atom stereocenters. The third-order valence-electron chi connectivity index (χ3n) is 3.41. The first kappa shape index (κ1) is 17.8. The molecular weight excluding hydrogens is 332 g/mol. The van der Waals surface area contributed by atoms with E-state index in [2.05, 4.69) is 22.4 Å². The van der Waals surface area contributed by atoms with Crippen molar-refractivity contribution in [2.45, 2.75) is 44.8 Å². The maximum absolute atomic E-state index is 12.0. The molecule has 124 valence electrons. The van der Waals surface area contributed by atoms with Crippen LogP contribution in [0.2, 0.25) is 5.02 Å². The summed E-state index contributed by atoms with van der Waals surface area (Å²) in [5, 5.41) is 12.4. The Balaban J connectivity index is 2.01. The highest BCUT2D eigenvalue weighted by Crippen LogP contribution is 2.23. The van der Waals surface area contributed by atoms with Gasteiger partial charge >= 0.3 is 0 Å². The smallest absolute Gasteiger partial charge is 0.230 e. The van der Waals surface area contributed by atoms with Gasteiger partial charge in [-0.05, 0) is 38.0 Å². The fourth-order valence-electron chi connectivity index (χ4n) is 2.18. The zero-order chi connectivity index (χ0) is 16.8. The Bertz CT molecular complexity index is 674. The van der Waals surface area contributed by atoms with Gasteiger partial charge in [0.15, 0.2) is 5.16 Å². The molecule has 1 aromatic carbocycles. The number of rotatable bonds is 7. The molecule has 23 heavy (non-hydrogen) atoms. The molecule has 1 aromatic heterocycles. The van der Waals surface area contributed by atoms with Crippen molar-refractivity contribution in [2.75, 3.05) is 5.75 Å². The van der Waals surface area contributed by atoms with Crippen LogP contribution in [0.3, 0.4) is 0 Å². The number of amides is 1. The van der Waals surface area contributed by atoms with Crippen LogP contribution >= 0.6 is 23.4 Å². The Labute approximate surface area is 145 Å². The summed E-state index contributed by atoms with van der Waals surface area (Å²) in [5.41, 5.74) is 1.90. The van der Waals surface area contributed by atoms with Gasteiger partial charge in [-0.2, -0.15) is 0 Å². The van der Waals surface area contributed by atoms with Gasteiger partial charge < -0.3 is 5.32 Å². The van der Waals surface area contributed by atoms with Crippen molar-refractivity contribution in [3.63, 3.8) is 0 Å². The van der Waals surface area contributed by atoms with Crippen molar-refractivity contribution >= 4 is 29.3 Å². The van der Waals surface area contributed by atoms with Gasteiger partial charge in [0, 0.05) is 11.1 Å². The summed E-state index contributed by atoms with van der Waals surface area (Å²) in [6.07, 6.45) is 3.66. The summed E-state index contributed by atoms with van der Waals surface area (Å²) in [6.45, 7) is 6.07. The first-order valence-electron chi connectivity index (χ1n) is 7.60. The monoisotopic (exact) mass is 352 g/mol. The van der Waals surface area contributed by atoms with Crippen LogP contribution in [0.25, 0.3) is 5.69 Å². The Hall–Kier alpha value is -1.53. The van der Waals surface area contributed by atoms with Gasteiger partial charge in [0.05, 0.1) is 11.4 Å². The van der Waals surface area contributed by atoms with E-state index in [0.717, 1.165) is 24.1 Å². The summed E-state index contributed by atoms with van der Waals surface area (Å²) in [4.78, 5) is 12.0. The Morgan fingerprint density at radius 2 is 2.26 bits per heavy atom. The van der Waals surface area contributed by atoms with Crippen LogP contribution in [0.5, 0.6) is 0 Å². The topological polar surface area (TPSA) is 59.8 Å². The lowest BCUT2D eigenvalue weighted by Gasteiger charge is -2.12. The molecule has 0 saturated heterocycles. The number of benzene rings is 1. The van der Waals surface area contributed by atoms with E-state index in [0.29, 0.717) is 15.9 Å². The van der Waals surface area contributed by atoms with Gasteiger partial charge in [0.25, 0.3) is 0 Å². The zero-order valence-corrected chi connectivity index (χ0v) is 15.1. The summed E-state index contributed by atoms with van der Waals surface area (Å²) in [7, 11) is 0. The van der Waals surface area contributed by atoms with E-state index < -0.39 is 0 Å². The molecule has 1 amide bonds. The molecule has 7 heteroatoms. The van der Waals surface area contributed by atoms with Crippen LogP contribution in [-0.2, 0) is 4.79 Å². The zero-order valence-electron chi connectivity index (χ0n) is 13.5. The molecule has 0 saturated carbocycles. The second kappa shape index (κ2) is 8.36. The average molecular weight is 353 g/mol.